The second kappa shape index (κ2) is 8.19. The van der Waals surface area contributed by atoms with E-state index >= 15 is 0 Å². The zero-order valence-corrected chi connectivity index (χ0v) is 16.6. The molecule has 0 spiro atoms. The molecule has 7 nitrogen and oxygen atoms in total. The summed E-state index contributed by atoms with van der Waals surface area (Å²) in [5, 5.41) is 18.9. The molecule has 2 aromatic rings. The Hall–Kier alpha value is -2.24. The summed E-state index contributed by atoms with van der Waals surface area (Å²) in [7, 11) is 1.71. The van der Waals surface area contributed by atoms with Gasteiger partial charge >= 0.3 is 0 Å². The maximum absolute atomic E-state index is 12.6. The van der Waals surface area contributed by atoms with Gasteiger partial charge in [0.15, 0.2) is 5.82 Å². The monoisotopic (exact) mass is 404 g/mol. The van der Waals surface area contributed by atoms with Crippen LogP contribution >= 0.6 is 23.4 Å². The van der Waals surface area contributed by atoms with E-state index < -0.39 is 5.54 Å². The number of nitrogen functional groups attached to an aromatic ring is 1. The van der Waals surface area contributed by atoms with E-state index in [1.807, 2.05) is 12.1 Å². The normalized spacial score (nSPS) is 15.9. The Balaban J connectivity index is 1.67. The predicted octanol–water partition coefficient (Wildman–Crippen LogP) is 3.09. The molecule has 3 rings (SSSR count). The molecule has 0 bridgehead atoms. The van der Waals surface area contributed by atoms with Crippen molar-refractivity contribution in [1.29, 1.82) is 5.26 Å². The molecule has 1 amide bonds. The molecule has 142 valence electrons. The van der Waals surface area contributed by atoms with E-state index in [0.717, 1.165) is 37.7 Å². The van der Waals surface area contributed by atoms with Crippen LogP contribution in [0.15, 0.2) is 29.4 Å². The van der Waals surface area contributed by atoms with Crippen LogP contribution in [-0.4, -0.2) is 44.0 Å². The van der Waals surface area contributed by atoms with Gasteiger partial charge < -0.3 is 10.7 Å². The number of nitriles is 1. The van der Waals surface area contributed by atoms with Gasteiger partial charge in [0.25, 0.3) is 0 Å². The van der Waals surface area contributed by atoms with Crippen molar-refractivity contribution in [1.82, 2.24) is 19.8 Å². The first-order chi connectivity index (χ1) is 13.0. The van der Waals surface area contributed by atoms with Gasteiger partial charge in [-0.2, -0.15) is 5.26 Å². The van der Waals surface area contributed by atoms with Crippen molar-refractivity contribution in [2.24, 2.45) is 0 Å². The molecule has 0 aliphatic heterocycles. The van der Waals surface area contributed by atoms with E-state index in [2.05, 4.69) is 16.3 Å². The fourth-order valence-corrected chi connectivity index (χ4v) is 4.19. The molecule has 0 radical (unpaired) electrons. The van der Waals surface area contributed by atoms with E-state index in [1.54, 1.807) is 24.1 Å². The van der Waals surface area contributed by atoms with Crippen LogP contribution in [0.5, 0.6) is 0 Å². The topological polar surface area (TPSA) is 101 Å². The maximum atomic E-state index is 12.6. The lowest BCUT2D eigenvalue weighted by atomic mass is 9.81. The van der Waals surface area contributed by atoms with Crippen molar-refractivity contribution in [2.45, 2.75) is 42.8 Å². The van der Waals surface area contributed by atoms with Crippen LogP contribution < -0.4 is 5.84 Å². The fraction of sp³-hybridized carbons (Fsp3) is 0.444. The minimum Gasteiger partial charge on any atom is -0.335 e. The van der Waals surface area contributed by atoms with Crippen LogP contribution in [-0.2, 0) is 4.79 Å². The molecular weight excluding hydrogens is 384 g/mol. The lowest BCUT2D eigenvalue weighted by Crippen LogP contribution is -2.50. The van der Waals surface area contributed by atoms with Gasteiger partial charge in [0.2, 0.25) is 11.1 Å². The molecule has 1 aromatic heterocycles. The first kappa shape index (κ1) is 19.5. The van der Waals surface area contributed by atoms with Crippen molar-refractivity contribution in [3.63, 3.8) is 0 Å². The number of benzene rings is 1. The SMILES string of the molecule is CN(C(=O)CSc1nnc(-c2ccc(Cl)cc2)n1N)C1(C#N)CCCCC1. The molecular formula is C18H21ClN6OS. The third kappa shape index (κ3) is 4.04. The summed E-state index contributed by atoms with van der Waals surface area (Å²) in [6, 6.07) is 9.49. The Morgan fingerprint density at radius 3 is 2.63 bits per heavy atom. The van der Waals surface area contributed by atoms with Gasteiger partial charge in [-0.05, 0) is 37.1 Å². The second-order valence-electron chi connectivity index (χ2n) is 6.63. The highest BCUT2D eigenvalue weighted by Crippen LogP contribution is 2.33. The Morgan fingerprint density at radius 2 is 2.00 bits per heavy atom. The van der Waals surface area contributed by atoms with Gasteiger partial charge in [-0.15, -0.1) is 10.2 Å². The smallest absolute Gasteiger partial charge is 0.234 e. The number of carbonyl (C=O) groups is 1. The van der Waals surface area contributed by atoms with E-state index in [0.29, 0.717) is 16.0 Å². The Kier molecular flexibility index (Phi) is 5.92. The van der Waals surface area contributed by atoms with E-state index in [4.69, 9.17) is 17.4 Å². The first-order valence-electron chi connectivity index (χ1n) is 8.74. The van der Waals surface area contributed by atoms with Gasteiger partial charge in [-0.3, -0.25) is 4.79 Å². The van der Waals surface area contributed by atoms with Crippen molar-refractivity contribution in [3.05, 3.63) is 29.3 Å². The molecule has 1 aromatic carbocycles. The summed E-state index contributed by atoms with van der Waals surface area (Å²) in [5.41, 5.74) is 0.0936. The van der Waals surface area contributed by atoms with Crippen LogP contribution in [0.3, 0.4) is 0 Å². The Labute approximate surface area is 167 Å². The fourth-order valence-electron chi connectivity index (χ4n) is 3.29. The van der Waals surface area contributed by atoms with E-state index in [1.165, 1.54) is 16.4 Å². The number of amides is 1. The van der Waals surface area contributed by atoms with Crippen LogP contribution in [0.4, 0.5) is 0 Å². The highest BCUT2D eigenvalue weighted by molar-refractivity contribution is 7.99. The highest BCUT2D eigenvalue weighted by Gasteiger charge is 2.38. The van der Waals surface area contributed by atoms with Crippen molar-refractivity contribution in [2.75, 3.05) is 18.6 Å². The summed E-state index contributed by atoms with van der Waals surface area (Å²) in [4.78, 5) is 14.2. The number of rotatable bonds is 5. The lowest BCUT2D eigenvalue weighted by Gasteiger charge is -2.39. The summed E-state index contributed by atoms with van der Waals surface area (Å²) in [5.74, 6) is 6.62. The lowest BCUT2D eigenvalue weighted by molar-refractivity contribution is -0.131. The zero-order chi connectivity index (χ0) is 19.4. The molecule has 0 atom stereocenters. The highest BCUT2D eigenvalue weighted by atomic mass is 35.5. The minimum atomic E-state index is -0.694. The molecule has 1 aliphatic rings. The standard InChI is InChI=1S/C18H21ClN6OS/c1-24(18(12-20)9-3-2-4-10-18)15(26)11-27-17-23-22-16(25(17)21)13-5-7-14(19)8-6-13/h5-8H,2-4,9-11,21H2,1H3. The molecule has 1 fully saturated rings. The minimum absolute atomic E-state index is 0.112. The average Bonchev–Trinajstić information content (AvgIpc) is 3.07. The number of aromatic nitrogens is 3. The number of hydrogen-bond donors (Lipinski definition) is 1. The van der Waals surface area contributed by atoms with Crippen molar-refractivity contribution >= 4 is 29.3 Å². The first-order valence-corrected chi connectivity index (χ1v) is 10.1. The molecule has 0 saturated heterocycles. The van der Waals surface area contributed by atoms with Crippen LogP contribution in [0, 0.1) is 11.3 Å². The van der Waals surface area contributed by atoms with Crippen LogP contribution in [0.25, 0.3) is 11.4 Å². The molecule has 1 saturated carbocycles. The number of hydrogen-bond acceptors (Lipinski definition) is 6. The predicted molar refractivity (Wildman–Crippen MR) is 106 cm³/mol. The molecule has 1 heterocycles. The molecule has 9 heteroatoms. The molecule has 2 N–H and O–H groups in total. The average molecular weight is 405 g/mol. The van der Waals surface area contributed by atoms with Crippen molar-refractivity contribution in [3.8, 4) is 17.5 Å². The van der Waals surface area contributed by atoms with Gasteiger partial charge in [-0.25, -0.2) is 4.68 Å². The van der Waals surface area contributed by atoms with E-state index in [9.17, 15) is 10.1 Å². The summed E-state index contributed by atoms with van der Waals surface area (Å²) >= 11 is 7.12. The zero-order valence-electron chi connectivity index (χ0n) is 15.1. The molecule has 0 unspecified atom stereocenters. The van der Waals surface area contributed by atoms with Gasteiger partial charge in [0, 0.05) is 17.6 Å². The quantitative estimate of drug-likeness (QED) is 0.607. The Bertz CT molecular complexity index is 854. The van der Waals surface area contributed by atoms with E-state index in [-0.39, 0.29) is 11.7 Å². The number of thioether (sulfide) groups is 1. The largest absolute Gasteiger partial charge is 0.335 e. The summed E-state index contributed by atoms with van der Waals surface area (Å²) < 4.78 is 1.36. The van der Waals surface area contributed by atoms with Crippen molar-refractivity contribution < 1.29 is 4.79 Å². The third-order valence-corrected chi connectivity index (χ3v) is 6.18. The molecule has 27 heavy (non-hydrogen) atoms. The van der Waals surface area contributed by atoms with Gasteiger partial charge in [-0.1, -0.05) is 42.6 Å². The van der Waals surface area contributed by atoms with Crippen LogP contribution in [0.2, 0.25) is 5.02 Å². The summed E-state index contributed by atoms with van der Waals surface area (Å²) in [6.45, 7) is 0. The number of nitrogens with zero attached hydrogens (tertiary/aromatic N) is 5. The number of halogens is 1. The van der Waals surface area contributed by atoms with Gasteiger partial charge in [0.1, 0.15) is 5.54 Å². The maximum Gasteiger partial charge on any atom is 0.234 e. The number of nitrogens with two attached hydrogens (primary N) is 1. The summed E-state index contributed by atoms with van der Waals surface area (Å²) in [6.07, 6.45) is 4.51. The third-order valence-electron chi connectivity index (χ3n) is 5.00. The molecule has 1 aliphatic carbocycles. The number of carbonyl (C=O) groups excluding carboxylic acids is 1. The van der Waals surface area contributed by atoms with Crippen LogP contribution in [0.1, 0.15) is 32.1 Å². The Morgan fingerprint density at radius 1 is 1.33 bits per heavy atom. The van der Waals surface area contributed by atoms with Gasteiger partial charge in [0.05, 0.1) is 11.8 Å². The second-order valence-corrected chi connectivity index (χ2v) is 8.01.